The molecule has 1 saturated heterocycles. The molecule has 2 unspecified atom stereocenters. The molecule has 0 bridgehead atoms. The third-order valence-corrected chi connectivity index (χ3v) is 4.73. The first-order valence-electron chi connectivity index (χ1n) is 7.39. The van der Waals surface area contributed by atoms with E-state index < -0.39 is 0 Å². The van der Waals surface area contributed by atoms with E-state index in [1.165, 1.54) is 24.2 Å². The molecule has 3 heteroatoms. The summed E-state index contributed by atoms with van der Waals surface area (Å²) in [6, 6.07) is 11.3. The molecule has 0 spiro atoms. The maximum atomic E-state index is 5.65. The van der Waals surface area contributed by atoms with Gasteiger partial charge in [-0.25, -0.2) is 0 Å². The highest BCUT2D eigenvalue weighted by atomic mass is 32.2. The zero-order valence-corrected chi connectivity index (χ0v) is 12.6. The van der Waals surface area contributed by atoms with E-state index in [0.29, 0.717) is 12.0 Å². The second-order valence-corrected chi connectivity index (χ2v) is 6.26. The van der Waals surface area contributed by atoms with Crippen molar-refractivity contribution < 1.29 is 4.74 Å². The Bertz CT molecular complexity index is 338. The highest BCUT2D eigenvalue weighted by Crippen LogP contribution is 2.24. The summed E-state index contributed by atoms with van der Waals surface area (Å²) in [6.07, 6.45) is 3.71. The summed E-state index contributed by atoms with van der Waals surface area (Å²) in [5, 5.41) is 3.71. The van der Waals surface area contributed by atoms with Crippen LogP contribution in [0.4, 0.5) is 0 Å². The van der Waals surface area contributed by atoms with Crippen LogP contribution in [-0.2, 0) is 4.74 Å². The Balaban J connectivity index is 1.85. The highest BCUT2D eigenvalue weighted by Gasteiger charge is 2.23. The Morgan fingerprint density at radius 2 is 2.21 bits per heavy atom. The molecule has 19 heavy (non-hydrogen) atoms. The van der Waals surface area contributed by atoms with Gasteiger partial charge in [0.1, 0.15) is 0 Å². The van der Waals surface area contributed by atoms with Crippen molar-refractivity contribution in [3.8, 4) is 0 Å². The Morgan fingerprint density at radius 3 is 2.89 bits per heavy atom. The number of hydrogen-bond acceptors (Lipinski definition) is 3. The molecule has 2 atom stereocenters. The van der Waals surface area contributed by atoms with Gasteiger partial charge in [0, 0.05) is 23.3 Å². The highest BCUT2D eigenvalue weighted by molar-refractivity contribution is 7.99. The molecule has 1 N–H and O–H groups in total. The van der Waals surface area contributed by atoms with Crippen LogP contribution in [0.2, 0.25) is 0 Å². The van der Waals surface area contributed by atoms with Crippen LogP contribution in [-0.4, -0.2) is 31.6 Å². The van der Waals surface area contributed by atoms with Crippen LogP contribution >= 0.6 is 11.8 Å². The molecule has 0 aromatic heterocycles. The summed E-state index contributed by atoms with van der Waals surface area (Å²) >= 11 is 1.95. The van der Waals surface area contributed by atoms with Gasteiger partial charge in [0.15, 0.2) is 0 Å². The lowest BCUT2D eigenvalue weighted by Crippen LogP contribution is -2.42. The molecule has 1 aliphatic rings. The minimum atomic E-state index is 0.574. The fourth-order valence-corrected chi connectivity index (χ4v) is 3.59. The number of nitrogens with one attached hydrogen (secondary N) is 1. The molecular weight excluding hydrogens is 254 g/mol. The summed E-state index contributed by atoms with van der Waals surface area (Å²) in [5.41, 5.74) is 0. The Kier molecular flexibility index (Phi) is 6.75. The molecule has 1 fully saturated rings. The van der Waals surface area contributed by atoms with Crippen LogP contribution in [0.1, 0.15) is 26.2 Å². The smallest absolute Gasteiger partial charge is 0.0509 e. The van der Waals surface area contributed by atoms with E-state index in [0.717, 1.165) is 25.5 Å². The van der Waals surface area contributed by atoms with Gasteiger partial charge in [-0.1, -0.05) is 25.1 Å². The summed E-state index contributed by atoms with van der Waals surface area (Å²) < 4.78 is 5.65. The van der Waals surface area contributed by atoms with Crippen molar-refractivity contribution in [1.29, 1.82) is 0 Å². The van der Waals surface area contributed by atoms with Gasteiger partial charge in [-0.05, 0) is 43.9 Å². The van der Waals surface area contributed by atoms with Gasteiger partial charge in [0.05, 0.1) is 6.61 Å². The Morgan fingerprint density at radius 1 is 1.37 bits per heavy atom. The van der Waals surface area contributed by atoms with E-state index in [1.807, 2.05) is 11.8 Å². The van der Waals surface area contributed by atoms with Crippen LogP contribution in [0, 0.1) is 5.92 Å². The second kappa shape index (κ2) is 8.62. The van der Waals surface area contributed by atoms with Crippen molar-refractivity contribution in [1.82, 2.24) is 5.32 Å². The normalized spacial score (nSPS) is 21.2. The average Bonchev–Trinajstić information content (AvgIpc) is 2.49. The largest absolute Gasteiger partial charge is 0.381 e. The molecule has 0 amide bonds. The quantitative estimate of drug-likeness (QED) is 0.771. The molecule has 1 aromatic rings. The van der Waals surface area contributed by atoms with Crippen LogP contribution in [0.5, 0.6) is 0 Å². The average molecular weight is 279 g/mol. The number of rotatable bonds is 7. The first-order valence-corrected chi connectivity index (χ1v) is 8.37. The molecule has 1 aromatic carbocycles. The van der Waals surface area contributed by atoms with Crippen molar-refractivity contribution in [2.75, 3.05) is 25.5 Å². The number of ether oxygens (including phenoxy) is 1. The third-order valence-electron chi connectivity index (χ3n) is 3.59. The Hall–Kier alpha value is -0.510. The van der Waals surface area contributed by atoms with Gasteiger partial charge >= 0.3 is 0 Å². The monoisotopic (exact) mass is 279 g/mol. The van der Waals surface area contributed by atoms with Crippen molar-refractivity contribution in [2.45, 2.75) is 37.1 Å². The standard InChI is InChI=1S/C16H25NOS/c1-2-10-17-16(14-7-6-11-18-12-14)13-19-15-8-4-3-5-9-15/h3-5,8-9,14,16-17H,2,6-7,10-13H2,1H3. The van der Waals surface area contributed by atoms with Crippen LogP contribution in [0.3, 0.4) is 0 Å². The van der Waals surface area contributed by atoms with Gasteiger partial charge in [-0.2, -0.15) is 0 Å². The summed E-state index contributed by atoms with van der Waals surface area (Å²) in [5.74, 6) is 1.81. The summed E-state index contributed by atoms with van der Waals surface area (Å²) in [6.45, 7) is 5.21. The molecule has 0 aliphatic carbocycles. The van der Waals surface area contributed by atoms with E-state index in [2.05, 4.69) is 42.6 Å². The SMILES string of the molecule is CCCNC(CSc1ccccc1)C1CCCOC1. The molecular formula is C16H25NOS. The Labute approximate surface area is 121 Å². The lowest BCUT2D eigenvalue weighted by molar-refractivity contribution is 0.0427. The van der Waals surface area contributed by atoms with E-state index in [-0.39, 0.29) is 0 Å². The molecule has 2 rings (SSSR count). The maximum absolute atomic E-state index is 5.65. The van der Waals surface area contributed by atoms with Gasteiger partial charge in [0.2, 0.25) is 0 Å². The molecule has 106 valence electrons. The van der Waals surface area contributed by atoms with Crippen LogP contribution in [0.25, 0.3) is 0 Å². The number of benzene rings is 1. The maximum Gasteiger partial charge on any atom is 0.0509 e. The zero-order valence-electron chi connectivity index (χ0n) is 11.8. The van der Waals surface area contributed by atoms with Crippen molar-refractivity contribution in [2.24, 2.45) is 5.92 Å². The lowest BCUT2D eigenvalue weighted by atomic mass is 9.95. The van der Waals surface area contributed by atoms with E-state index in [4.69, 9.17) is 4.74 Å². The van der Waals surface area contributed by atoms with Crippen molar-refractivity contribution >= 4 is 11.8 Å². The zero-order chi connectivity index (χ0) is 13.3. The van der Waals surface area contributed by atoms with Crippen molar-refractivity contribution in [3.05, 3.63) is 30.3 Å². The summed E-state index contributed by atoms with van der Waals surface area (Å²) in [4.78, 5) is 1.36. The third kappa shape index (κ3) is 5.17. The second-order valence-electron chi connectivity index (χ2n) is 5.16. The predicted molar refractivity (Wildman–Crippen MR) is 82.8 cm³/mol. The number of thioether (sulfide) groups is 1. The first-order chi connectivity index (χ1) is 9.40. The van der Waals surface area contributed by atoms with Crippen LogP contribution in [0.15, 0.2) is 35.2 Å². The molecule has 2 nitrogen and oxygen atoms in total. The lowest BCUT2D eigenvalue weighted by Gasteiger charge is -2.31. The summed E-state index contributed by atoms with van der Waals surface area (Å²) in [7, 11) is 0. The first kappa shape index (κ1) is 14.9. The van der Waals surface area contributed by atoms with Gasteiger partial charge < -0.3 is 10.1 Å². The minimum absolute atomic E-state index is 0.574. The van der Waals surface area contributed by atoms with E-state index in [9.17, 15) is 0 Å². The van der Waals surface area contributed by atoms with E-state index in [1.54, 1.807) is 0 Å². The molecule has 0 saturated carbocycles. The van der Waals surface area contributed by atoms with Gasteiger partial charge in [-0.15, -0.1) is 11.8 Å². The fraction of sp³-hybridized carbons (Fsp3) is 0.625. The van der Waals surface area contributed by atoms with Crippen molar-refractivity contribution in [3.63, 3.8) is 0 Å². The molecule has 1 heterocycles. The van der Waals surface area contributed by atoms with Gasteiger partial charge in [0.25, 0.3) is 0 Å². The minimum Gasteiger partial charge on any atom is -0.381 e. The fourth-order valence-electron chi connectivity index (χ4n) is 2.48. The van der Waals surface area contributed by atoms with E-state index >= 15 is 0 Å². The predicted octanol–water partition coefficient (Wildman–Crippen LogP) is 3.57. The molecule has 1 aliphatic heterocycles. The van der Waals surface area contributed by atoms with Gasteiger partial charge in [-0.3, -0.25) is 0 Å². The van der Waals surface area contributed by atoms with Crippen LogP contribution < -0.4 is 5.32 Å². The molecule has 0 radical (unpaired) electrons. The number of hydrogen-bond donors (Lipinski definition) is 1. The topological polar surface area (TPSA) is 21.3 Å².